The van der Waals surface area contributed by atoms with Crippen LogP contribution in [0.25, 0.3) is 0 Å². The lowest BCUT2D eigenvalue weighted by Crippen LogP contribution is -2.32. The highest BCUT2D eigenvalue weighted by atomic mass is 16.1. The topological polar surface area (TPSA) is 46.9 Å². The highest BCUT2D eigenvalue weighted by molar-refractivity contribution is 5.96. The van der Waals surface area contributed by atoms with Gasteiger partial charge in [0.2, 0.25) is 0 Å². The van der Waals surface area contributed by atoms with E-state index < -0.39 is 0 Å². The van der Waals surface area contributed by atoms with Gasteiger partial charge in [-0.2, -0.15) is 5.10 Å². The molecule has 1 aromatic heterocycles. The lowest BCUT2D eigenvalue weighted by molar-refractivity contribution is 0.0945. The van der Waals surface area contributed by atoms with Crippen LogP contribution in [0.3, 0.4) is 0 Å². The summed E-state index contributed by atoms with van der Waals surface area (Å²) in [6, 6.07) is 0. The first kappa shape index (κ1) is 7.34. The summed E-state index contributed by atoms with van der Waals surface area (Å²) in [6.45, 7) is 3.60. The third-order valence-corrected chi connectivity index (χ3v) is 2.14. The number of rotatable bonds is 1. The standard InChI is InChI=1S/C8H11N3O/c1-2-11-7-3-4-9-8(12)6(7)5-10-11/h5H,2-4H2,1H3,(H,9,12). The van der Waals surface area contributed by atoms with Gasteiger partial charge in [-0.1, -0.05) is 0 Å². The summed E-state index contributed by atoms with van der Waals surface area (Å²) < 4.78 is 1.88. The van der Waals surface area contributed by atoms with E-state index in [1.807, 2.05) is 11.6 Å². The Labute approximate surface area is 70.6 Å². The van der Waals surface area contributed by atoms with Gasteiger partial charge in [-0.25, -0.2) is 0 Å². The van der Waals surface area contributed by atoms with E-state index in [1.54, 1.807) is 6.20 Å². The number of nitrogens with zero attached hydrogens (tertiary/aromatic N) is 2. The molecule has 0 fully saturated rings. The Balaban J connectivity index is 2.48. The first-order valence-electron chi connectivity index (χ1n) is 4.16. The van der Waals surface area contributed by atoms with Crippen molar-refractivity contribution in [2.24, 2.45) is 0 Å². The zero-order chi connectivity index (χ0) is 8.55. The summed E-state index contributed by atoms with van der Waals surface area (Å²) in [5.74, 6) is 0.0101. The van der Waals surface area contributed by atoms with Crippen molar-refractivity contribution in [2.75, 3.05) is 6.54 Å². The number of hydrogen-bond donors (Lipinski definition) is 1. The van der Waals surface area contributed by atoms with Gasteiger partial charge in [-0.15, -0.1) is 0 Å². The SMILES string of the molecule is CCn1ncc2c1CCNC2=O. The lowest BCUT2D eigenvalue weighted by atomic mass is 10.1. The number of hydrogen-bond acceptors (Lipinski definition) is 2. The van der Waals surface area contributed by atoms with Gasteiger partial charge in [0.25, 0.3) is 5.91 Å². The van der Waals surface area contributed by atoms with Gasteiger partial charge >= 0.3 is 0 Å². The molecule has 0 aliphatic carbocycles. The van der Waals surface area contributed by atoms with E-state index in [4.69, 9.17) is 0 Å². The minimum absolute atomic E-state index is 0.0101. The number of carbonyl (C=O) groups excluding carboxylic acids is 1. The molecule has 0 atom stereocenters. The summed E-state index contributed by atoms with van der Waals surface area (Å²) in [5, 5.41) is 6.91. The van der Waals surface area contributed by atoms with E-state index >= 15 is 0 Å². The molecule has 1 amide bonds. The fraction of sp³-hybridized carbons (Fsp3) is 0.500. The van der Waals surface area contributed by atoms with E-state index in [0.29, 0.717) is 0 Å². The Morgan fingerprint density at radius 1 is 1.75 bits per heavy atom. The molecular weight excluding hydrogens is 154 g/mol. The van der Waals surface area contributed by atoms with Gasteiger partial charge in [0.1, 0.15) is 0 Å². The molecule has 12 heavy (non-hydrogen) atoms. The molecule has 0 radical (unpaired) electrons. The molecule has 4 nitrogen and oxygen atoms in total. The molecule has 0 unspecified atom stereocenters. The molecule has 4 heteroatoms. The fourth-order valence-corrected chi connectivity index (χ4v) is 1.53. The number of nitrogens with one attached hydrogen (secondary N) is 1. The zero-order valence-electron chi connectivity index (χ0n) is 7.00. The normalized spacial score (nSPS) is 15.6. The van der Waals surface area contributed by atoms with Crippen LogP contribution in [0.15, 0.2) is 6.20 Å². The zero-order valence-corrected chi connectivity index (χ0v) is 7.00. The second-order valence-corrected chi connectivity index (χ2v) is 2.83. The highest BCUT2D eigenvalue weighted by Crippen LogP contribution is 2.12. The van der Waals surface area contributed by atoms with Crippen LogP contribution in [-0.2, 0) is 13.0 Å². The molecule has 64 valence electrons. The maximum absolute atomic E-state index is 11.3. The third-order valence-electron chi connectivity index (χ3n) is 2.14. The van der Waals surface area contributed by atoms with Crippen LogP contribution in [0.1, 0.15) is 23.0 Å². The Kier molecular flexibility index (Phi) is 1.60. The van der Waals surface area contributed by atoms with Gasteiger partial charge < -0.3 is 5.32 Å². The second-order valence-electron chi connectivity index (χ2n) is 2.83. The summed E-state index contributed by atoms with van der Waals surface area (Å²) in [6.07, 6.45) is 2.54. The average molecular weight is 165 g/mol. The van der Waals surface area contributed by atoms with Crippen LogP contribution in [0, 0.1) is 0 Å². The van der Waals surface area contributed by atoms with E-state index in [2.05, 4.69) is 10.4 Å². The van der Waals surface area contributed by atoms with Crippen LogP contribution >= 0.6 is 0 Å². The van der Waals surface area contributed by atoms with Crippen molar-refractivity contribution in [3.8, 4) is 0 Å². The van der Waals surface area contributed by atoms with Crippen molar-refractivity contribution in [1.29, 1.82) is 0 Å². The van der Waals surface area contributed by atoms with Crippen molar-refractivity contribution < 1.29 is 4.79 Å². The van der Waals surface area contributed by atoms with Crippen LogP contribution in [0.5, 0.6) is 0 Å². The number of fused-ring (bicyclic) bond motifs is 1. The van der Waals surface area contributed by atoms with Crippen molar-refractivity contribution >= 4 is 5.91 Å². The average Bonchev–Trinajstić information content (AvgIpc) is 2.49. The quantitative estimate of drug-likeness (QED) is 0.645. The van der Waals surface area contributed by atoms with Gasteiger partial charge in [0.15, 0.2) is 0 Å². The molecular formula is C8H11N3O. The molecule has 0 saturated heterocycles. The molecule has 2 heterocycles. The third kappa shape index (κ3) is 0.913. The highest BCUT2D eigenvalue weighted by Gasteiger charge is 2.20. The molecule has 1 aliphatic heterocycles. The molecule has 0 saturated carbocycles. The van der Waals surface area contributed by atoms with Crippen molar-refractivity contribution in [3.63, 3.8) is 0 Å². The number of aromatic nitrogens is 2. The molecule has 1 aromatic rings. The Bertz CT molecular complexity index is 316. The van der Waals surface area contributed by atoms with Crippen LogP contribution in [0.4, 0.5) is 0 Å². The summed E-state index contributed by atoms with van der Waals surface area (Å²) in [7, 11) is 0. The van der Waals surface area contributed by atoms with Crippen LogP contribution < -0.4 is 5.32 Å². The van der Waals surface area contributed by atoms with E-state index in [0.717, 1.165) is 30.8 Å². The first-order valence-corrected chi connectivity index (χ1v) is 4.16. The molecule has 0 bridgehead atoms. The second kappa shape index (κ2) is 2.62. The van der Waals surface area contributed by atoms with Gasteiger partial charge in [-0.05, 0) is 6.92 Å². The first-order chi connectivity index (χ1) is 5.83. The summed E-state index contributed by atoms with van der Waals surface area (Å²) >= 11 is 0. The predicted molar refractivity (Wildman–Crippen MR) is 43.9 cm³/mol. The summed E-state index contributed by atoms with van der Waals surface area (Å²) in [5.41, 5.74) is 1.81. The summed E-state index contributed by atoms with van der Waals surface area (Å²) in [4.78, 5) is 11.3. The maximum atomic E-state index is 11.3. The van der Waals surface area contributed by atoms with Crippen molar-refractivity contribution in [3.05, 3.63) is 17.5 Å². The molecule has 2 rings (SSSR count). The van der Waals surface area contributed by atoms with Gasteiger partial charge in [0, 0.05) is 19.5 Å². The number of carbonyl (C=O) groups is 1. The van der Waals surface area contributed by atoms with Gasteiger partial charge in [0.05, 0.1) is 17.5 Å². The lowest BCUT2D eigenvalue weighted by Gasteiger charge is -2.13. The van der Waals surface area contributed by atoms with Crippen LogP contribution in [0.2, 0.25) is 0 Å². The Hall–Kier alpha value is -1.32. The smallest absolute Gasteiger partial charge is 0.254 e. The molecule has 1 aliphatic rings. The van der Waals surface area contributed by atoms with Crippen molar-refractivity contribution in [1.82, 2.24) is 15.1 Å². The Morgan fingerprint density at radius 3 is 3.33 bits per heavy atom. The monoisotopic (exact) mass is 165 g/mol. The molecule has 0 spiro atoms. The number of aryl methyl sites for hydroxylation is 1. The van der Waals surface area contributed by atoms with E-state index in [9.17, 15) is 4.79 Å². The minimum atomic E-state index is 0.0101. The predicted octanol–water partition coefficient (Wildman–Crippen LogP) is 0.189. The largest absolute Gasteiger partial charge is 0.352 e. The molecule has 0 aromatic carbocycles. The fourth-order valence-electron chi connectivity index (χ4n) is 1.53. The maximum Gasteiger partial charge on any atom is 0.254 e. The van der Waals surface area contributed by atoms with Gasteiger partial charge in [-0.3, -0.25) is 9.48 Å². The van der Waals surface area contributed by atoms with E-state index in [-0.39, 0.29) is 5.91 Å². The van der Waals surface area contributed by atoms with Crippen molar-refractivity contribution in [2.45, 2.75) is 19.9 Å². The Morgan fingerprint density at radius 2 is 2.58 bits per heavy atom. The molecule has 1 N–H and O–H groups in total. The number of amides is 1. The minimum Gasteiger partial charge on any atom is -0.352 e. The van der Waals surface area contributed by atoms with E-state index in [1.165, 1.54) is 0 Å². The van der Waals surface area contributed by atoms with Crippen LogP contribution in [-0.4, -0.2) is 22.2 Å².